The Morgan fingerprint density at radius 3 is 2.76 bits per heavy atom. The Morgan fingerprint density at radius 2 is 2.10 bits per heavy atom. The minimum Gasteiger partial charge on any atom is -0.375 e. The molecule has 2 heterocycles. The van der Waals surface area contributed by atoms with Crippen molar-refractivity contribution in [2.45, 2.75) is 6.42 Å². The summed E-state index contributed by atoms with van der Waals surface area (Å²) in [5, 5.41) is 4.95. The molecule has 21 heavy (non-hydrogen) atoms. The molecule has 0 unspecified atom stereocenters. The first-order valence-corrected chi connectivity index (χ1v) is 7.60. The Balaban J connectivity index is 1.81. The number of rotatable bonds is 3. The highest BCUT2D eigenvalue weighted by atomic mass is 79.9. The summed E-state index contributed by atoms with van der Waals surface area (Å²) in [7, 11) is 0. The molecule has 0 spiro atoms. The highest BCUT2D eigenvalue weighted by Crippen LogP contribution is 2.26. The van der Waals surface area contributed by atoms with Crippen molar-refractivity contribution in [2.75, 3.05) is 11.1 Å². The number of fused-ring (bicyclic) bond motifs is 1. The SMILES string of the molecule is Nc1nc(CC(=O)Nc2cc3[nH]c(=O)[nH]c3cc2Br)cs1. The maximum atomic E-state index is 12.0. The Morgan fingerprint density at radius 1 is 1.38 bits per heavy atom. The van der Waals surface area contributed by atoms with Gasteiger partial charge in [0.15, 0.2) is 5.13 Å². The second kappa shape index (κ2) is 5.34. The van der Waals surface area contributed by atoms with Gasteiger partial charge in [0, 0.05) is 9.85 Å². The molecule has 0 saturated heterocycles. The maximum Gasteiger partial charge on any atom is 0.323 e. The summed E-state index contributed by atoms with van der Waals surface area (Å²) in [4.78, 5) is 32.6. The number of imidazole rings is 1. The fourth-order valence-electron chi connectivity index (χ4n) is 1.91. The van der Waals surface area contributed by atoms with Gasteiger partial charge in [0.05, 0.1) is 28.8 Å². The number of benzene rings is 1. The standard InChI is InChI=1S/C12H10BrN5O2S/c13-6-2-8-9(18-12(20)17-8)3-7(6)16-10(19)1-5-4-21-11(14)15-5/h2-4H,1H2,(H2,14,15)(H,16,19)(H2,17,18,20). The molecule has 7 nitrogen and oxygen atoms in total. The highest BCUT2D eigenvalue weighted by Gasteiger charge is 2.11. The second-order valence-electron chi connectivity index (χ2n) is 4.36. The van der Waals surface area contributed by atoms with Crippen LogP contribution in [0.25, 0.3) is 11.0 Å². The molecule has 3 rings (SSSR count). The lowest BCUT2D eigenvalue weighted by molar-refractivity contribution is -0.115. The summed E-state index contributed by atoms with van der Waals surface area (Å²) in [6, 6.07) is 3.41. The van der Waals surface area contributed by atoms with E-state index in [1.165, 1.54) is 11.3 Å². The van der Waals surface area contributed by atoms with Crippen LogP contribution in [0.2, 0.25) is 0 Å². The van der Waals surface area contributed by atoms with E-state index in [2.05, 4.69) is 36.2 Å². The molecule has 0 saturated carbocycles. The van der Waals surface area contributed by atoms with E-state index in [9.17, 15) is 9.59 Å². The summed E-state index contributed by atoms with van der Waals surface area (Å²) < 4.78 is 0.677. The highest BCUT2D eigenvalue weighted by molar-refractivity contribution is 9.10. The predicted molar refractivity (Wildman–Crippen MR) is 85.5 cm³/mol. The number of carbonyl (C=O) groups is 1. The largest absolute Gasteiger partial charge is 0.375 e. The van der Waals surface area contributed by atoms with Gasteiger partial charge in [-0.25, -0.2) is 9.78 Å². The van der Waals surface area contributed by atoms with Crippen molar-refractivity contribution in [1.29, 1.82) is 0 Å². The van der Waals surface area contributed by atoms with Gasteiger partial charge in [0.1, 0.15) is 0 Å². The van der Waals surface area contributed by atoms with Crippen LogP contribution >= 0.6 is 27.3 Å². The fourth-order valence-corrected chi connectivity index (χ4v) is 2.92. The van der Waals surface area contributed by atoms with E-state index < -0.39 is 0 Å². The molecule has 5 N–H and O–H groups in total. The number of hydrogen-bond acceptors (Lipinski definition) is 5. The molecule has 0 aliphatic carbocycles. The molecule has 1 aromatic carbocycles. The molecule has 0 aliphatic heterocycles. The van der Waals surface area contributed by atoms with Crippen molar-refractivity contribution >= 4 is 55.0 Å². The number of thiazole rings is 1. The number of nitrogens with two attached hydrogens (primary N) is 1. The molecule has 9 heteroatoms. The van der Waals surface area contributed by atoms with Crippen LogP contribution in [0.5, 0.6) is 0 Å². The quantitative estimate of drug-likeness (QED) is 0.564. The van der Waals surface area contributed by atoms with E-state index in [1.54, 1.807) is 17.5 Å². The number of nitrogen functional groups attached to an aromatic ring is 1. The van der Waals surface area contributed by atoms with Gasteiger partial charge in [0.25, 0.3) is 0 Å². The zero-order chi connectivity index (χ0) is 15.0. The Bertz CT molecular complexity index is 881. The van der Waals surface area contributed by atoms with Crippen molar-refractivity contribution in [1.82, 2.24) is 15.0 Å². The zero-order valence-corrected chi connectivity index (χ0v) is 13.0. The van der Waals surface area contributed by atoms with Gasteiger partial charge in [-0.05, 0) is 28.1 Å². The first kappa shape index (κ1) is 13.8. The smallest absolute Gasteiger partial charge is 0.323 e. The average molecular weight is 368 g/mol. The Hall–Kier alpha value is -2.13. The molecule has 0 aliphatic rings. The number of hydrogen-bond donors (Lipinski definition) is 4. The van der Waals surface area contributed by atoms with Gasteiger partial charge in [-0.15, -0.1) is 11.3 Å². The number of carbonyl (C=O) groups excluding carboxylic acids is 1. The van der Waals surface area contributed by atoms with Crippen LogP contribution in [-0.2, 0) is 11.2 Å². The molecule has 108 valence electrons. The maximum absolute atomic E-state index is 12.0. The number of amides is 1. The monoisotopic (exact) mass is 367 g/mol. The topological polar surface area (TPSA) is 117 Å². The lowest BCUT2D eigenvalue weighted by atomic mass is 10.2. The summed E-state index contributed by atoms with van der Waals surface area (Å²) in [6.07, 6.45) is 0.141. The third-order valence-corrected chi connectivity index (χ3v) is 4.17. The summed E-state index contributed by atoms with van der Waals surface area (Å²) in [5.74, 6) is -0.210. The van der Waals surface area contributed by atoms with Crippen molar-refractivity contribution in [3.8, 4) is 0 Å². The summed E-state index contributed by atoms with van der Waals surface area (Å²) in [5.41, 5.74) is 7.72. The number of aromatic nitrogens is 3. The van der Waals surface area contributed by atoms with Crippen LogP contribution < -0.4 is 16.7 Å². The van der Waals surface area contributed by atoms with Gasteiger partial charge in [-0.3, -0.25) is 4.79 Å². The second-order valence-corrected chi connectivity index (χ2v) is 6.10. The van der Waals surface area contributed by atoms with Crippen molar-refractivity contribution in [3.63, 3.8) is 0 Å². The number of aromatic amines is 2. The molecule has 2 aromatic heterocycles. The molecular formula is C12H10BrN5O2S. The van der Waals surface area contributed by atoms with Crippen molar-refractivity contribution in [2.24, 2.45) is 0 Å². The van der Waals surface area contributed by atoms with E-state index in [1.807, 2.05) is 0 Å². The minimum absolute atomic E-state index is 0.141. The number of nitrogens with zero attached hydrogens (tertiary/aromatic N) is 1. The van der Waals surface area contributed by atoms with Crippen LogP contribution in [0, 0.1) is 0 Å². The lowest BCUT2D eigenvalue weighted by Gasteiger charge is -2.06. The van der Waals surface area contributed by atoms with Gasteiger partial charge >= 0.3 is 5.69 Å². The summed E-state index contributed by atoms with van der Waals surface area (Å²) >= 11 is 4.65. The number of anilines is 2. The Kier molecular flexibility index (Phi) is 3.52. The molecule has 3 aromatic rings. The van der Waals surface area contributed by atoms with Crippen LogP contribution in [-0.4, -0.2) is 20.9 Å². The van der Waals surface area contributed by atoms with Gasteiger partial charge < -0.3 is 21.0 Å². The Labute approximate surface area is 130 Å². The van der Waals surface area contributed by atoms with Crippen molar-refractivity contribution < 1.29 is 4.79 Å². The van der Waals surface area contributed by atoms with E-state index in [0.717, 1.165) is 0 Å². The fraction of sp³-hybridized carbons (Fsp3) is 0.0833. The van der Waals surface area contributed by atoms with E-state index in [0.29, 0.717) is 32.0 Å². The predicted octanol–water partition coefficient (Wildman–Crippen LogP) is 1.84. The molecule has 1 amide bonds. The minimum atomic E-state index is -0.293. The number of halogens is 1. The van der Waals surface area contributed by atoms with E-state index in [-0.39, 0.29) is 18.0 Å². The third-order valence-electron chi connectivity index (χ3n) is 2.79. The van der Waals surface area contributed by atoms with E-state index >= 15 is 0 Å². The van der Waals surface area contributed by atoms with Crippen LogP contribution in [0.1, 0.15) is 5.69 Å². The van der Waals surface area contributed by atoms with Crippen LogP contribution in [0.3, 0.4) is 0 Å². The van der Waals surface area contributed by atoms with Gasteiger partial charge in [-0.1, -0.05) is 0 Å². The average Bonchev–Trinajstić information content (AvgIpc) is 2.95. The van der Waals surface area contributed by atoms with Crippen LogP contribution in [0.15, 0.2) is 26.8 Å². The zero-order valence-electron chi connectivity index (χ0n) is 10.6. The summed E-state index contributed by atoms with van der Waals surface area (Å²) in [6.45, 7) is 0. The first-order valence-electron chi connectivity index (χ1n) is 5.92. The number of H-pyrrole nitrogens is 2. The lowest BCUT2D eigenvalue weighted by Crippen LogP contribution is -2.15. The van der Waals surface area contributed by atoms with Crippen molar-refractivity contribution in [3.05, 3.63) is 38.2 Å². The molecule has 0 bridgehead atoms. The van der Waals surface area contributed by atoms with Gasteiger partial charge in [0.2, 0.25) is 5.91 Å². The molecule has 0 radical (unpaired) electrons. The number of nitrogens with one attached hydrogen (secondary N) is 3. The molecule has 0 fully saturated rings. The molecule has 0 atom stereocenters. The third kappa shape index (κ3) is 2.98. The molecular weight excluding hydrogens is 358 g/mol. The van der Waals surface area contributed by atoms with E-state index in [4.69, 9.17) is 5.73 Å². The normalized spacial score (nSPS) is 10.9. The van der Waals surface area contributed by atoms with Crippen LogP contribution in [0.4, 0.5) is 10.8 Å². The first-order chi connectivity index (χ1) is 10.0. The van der Waals surface area contributed by atoms with Gasteiger partial charge in [-0.2, -0.15) is 0 Å².